The van der Waals surface area contributed by atoms with Crippen molar-refractivity contribution < 1.29 is 9.53 Å². The second-order valence-electron chi connectivity index (χ2n) is 5.35. The summed E-state index contributed by atoms with van der Waals surface area (Å²) < 4.78 is 5.11. The normalized spacial score (nSPS) is 17.3. The van der Waals surface area contributed by atoms with Crippen LogP contribution >= 0.6 is 0 Å². The van der Waals surface area contributed by atoms with Crippen LogP contribution in [0.3, 0.4) is 0 Å². The molecule has 100 valence electrons. The number of carbonyl (C=O) groups excluding carboxylic acids is 1. The number of hydrogen-bond donors (Lipinski definition) is 0. The minimum Gasteiger partial charge on any atom is -0.407 e. The maximum absolute atomic E-state index is 11.7. The van der Waals surface area contributed by atoms with E-state index in [1.54, 1.807) is 6.08 Å². The van der Waals surface area contributed by atoms with Gasteiger partial charge in [0.1, 0.15) is 0 Å². The van der Waals surface area contributed by atoms with Crippen LogP contribution in [-0.2, 0) is 9.53 Å². The largest absolute Gasteiger partial charge is 0.407 e. The van der Waals surface area contributed by atoms with E-state index in [1.165, 1.54) is 5.56 Å². The highest BCUT2D eigenvalue weighted by molar-refractivity contribution is 6.07. The predicted octanol–water partition coefficient (Wildman–Crippen LogP) is 3.76. The Kier molecular flexibility index (Phi) is 3.84. The van der Waals surface area contributed by atoms with Gasteiger partial charge in [-0.3, -0.25) is 0 Å². The van der Waals surface area contributed by atoms with E-state index >= 15 is 0 Å². The zero-order valence-corrected chi connectivity index (χ0v) is 11.8. The summed E-state index contributed by atoms with van der Waals surface area (Å²) in [4.78, 5) is 15.9. The van der Waals surface area contributed by atoms with Gasteiger partial charge in [-0.25, -0.2) is 9.79 Å². The summed E-state index contributed by atoms with van der Waals surface area (Å²) in [5.74, 6) is 0.758. The summed E-state index contributed by atoms with van der Waals surface area (Å²) in [6, 6.07) is 8.14. The fourth-order valence-corrected chi connectivity index (χ4v) is 1.81. The van der Waals surface area contributed by atoms with Gasteiger partial charge in [0, 0.05) is 5.92 Å². The fraction of sp³-hybridized carbons (Fsp3) is 0.375. The summed E-state index contributed by atoms with van der Waals surface area (Å²) in [6.07, 6.45) is 1.77. The molecule has 1 heterocycles. The van der Waals surface area contributed by atoms with Crippen molar-refractivity contribution in [2.75, 3.05) is 0 Å². The third-order valence-corrected chi connectivity index (χ3v) is 3.04. The fourth-order valence-electron chi connectivity index (χ4n) is 1.81. The van der Waals surface area contributed by atoms with Gasteiger partial charge in [-0.2, -0.15) is 0 Å². The number of ether oxygens (including phenoxy) is 1. The minimum absolute atomic E-state index is 0.123. The van der Waals surface area contributed by atoms with E-state index in [2.05, 4.69) is 31.0 Å². The highest BCUT2D eigenvalue weighted by Gasteiger charge is 2.24. The molecule has 0 amide bonds. The second kappa shape index (κ2) is 5.39. The standard InChI is InChI=1S/C16H19NO2/c1-10(2)13-7-5-12(6-8-13)9-14-16(18)19-15(17-14)11(3)4/h5-11H,1-4H3/b14-9+. The first-order valence-electron chi connectivity index (χ1n) is 6.60. The van der Waals surface area contributed by atoms with E-state index in [9.17, 15) is 4.79 Å². The van der Waals surface area contributed by atoms with Crippen LogP contribution in [0.1, 0.15) is 44.7 Å². The van der Waals surface area contributed by atoms with Gasteiger partial charge >= 0.3 is 5.97 Å². The maximum Gasteiger partial charge on any atom is 0.363 e. The monoisotopic (exact) mass is 257 g/mol. The Hall–Kier alpha value is -1.90. The van der Waals surface area contributed by atoms with Gasteiger partial charge in [-0.05, 0) is 23.1 Å². The van der Waals surface area contributed by atoms with E-state index in [1.807, 2.05) is 26.0 Å². The number of esters is 1. The Balaban J connectivity index is 2.24. The van der Waals surface area contributed by atoms with Crippen molar-refractivity contribution in [2.24, 2.45) is 10.9 Å². The Labute approximate surface area is 114 Å². The van der Waals surface area contributed by atoms with Crippen LogP contribution in [0.4, 0.5) is 0 Å². The van der Waals surface area contributed by atoms with Crippen LogP contribution < -0.4 is 0 Å². The number of aliphatic imine (C=N–C) groups is 1. The molecule has 2 rings (SSSR count). The molecule has 1 aromatic rings. The lowest BCUT2D eigenvalue weighted by Gasteiger charge is -2.04. The van der Waals surface area contributed by atoms with Crippen LogP contribution in [0.5, 0.6) is 0 Å². The summed E-state index contributed by atoms with van der Waals surface area (Å²) in [7, 11) is 0. The van der Waals surface area contributed by atoms with Crippen LogP contribution in [-0.4, -0.2) is 11.9 Å². The molecule has 0 fully saturated rings. The van der Waals surface area contributed by atoms with E-state index in [0.29, 0.717) is 17.5 Å². The summed E-state index contributed by atoms with van der Waals surface area (Å²) in [5, 5.41) is 0. The molecule has 1 aliphatic rings. The topological polar surface area (TPSA) is 38.7 Å². The Bertz CT molecular complexity index is 536. The minimum atomic E-state index is -0.364. The molecule has 0 unspecified atom stereocenters. The van der Waals surface area contributed by atoms with Gasteiger partial charge in [0.2, 0.25) is 5.90 Å². The molecule has 0 aromatic heterocycles. The van der Waals surface area contributed by atoms with Gasteiger partial charge in [0.05, 0.1) is 0 Å². The first-order chi connectivity index (χ1) is 8.97. The van der Waals surface area contributed by atoms with Crippen LogP contribution in [0, 0.1) is 5.92 Å². The molecule has 19 heavy (non-hydrogen) atoms. The average molecular weight is 257 g/mol. The molecule has 0 atom stereocenters. The molecule has 0 aliphatic carbocycles. The van der Waals surface area contributed by atoms with Crippen LogP contribution in [0.2, 0.25) is 0 Å². The third-order valence-electron chi connectivity index (χ3n) is 3.04. The average Bonchev–Trinajstić information content (AvgIpc) is 2.72. The van der Waals surface area contributed by atoms with Crippen molar-refractivity contribution in [1.82, 2.24) is 0 Å². The van der Waals surface area contributed by atoms with E-state index in [4.69, 9.17) is 4.74 Å². The van der Waals surface area contributed by atoms with Crippen molar-refractivity contribution >= 4 is 17.9 Å². The molecular weight excluding hydrogens is 238 g/mol. The summed E-state index contributed by atoms with van der Waals surface area (Å²) in [5.41, 5.74) is 2.62. The zero-order valence-electron chi connectivity index (χ0n) is 11.8. The van der Waals surface area contributed by atoms with Gasteiger partial charge < -0.3 is 4.74 Å². The highest BCUT2D eigenvalue weighted by Crippen LogP contribution is 2.20. The van der Waals surface area contributed by atoms with Crippen LogP contribution in [0.15, 0.2) is 35.0 Å². The second-order valence-corrected chi connectivity index (χ2v) is 5.35. The molecule has 1 aromatic carbocycles. The van der Waals surface area contributed by atoms with Crippen molar-refractivity contribution in [2.45, 2.75) is 33.6 Å². The van der Waals surface area contributed by atoms with Gasteiger partial charge in [0.15, 0.2) is 5.70 Å². The van der Waals surface area contributed by atoms with Crippen molar-refractivity contribution in [3.05, 3.63) is 41.1 Å². The first-order valence-corrected chi connectivity index (χ1v) is 6.60. The Morgan fingerprint density at radius 1 is 1.05 bits per heavy atom. The van der Waals surface area contributed by atoms with E-state index in [-0.39, 0.29) is 11.9 Å². The van der Waals surface area contributed by atoms with Gasteiger partial charge in [-0.1, -0.05) is 52.0 Å². The molecular formula is C16H19NO2. The lowest BCUT2D eigenvalue weighted by molar-refractivity contribution is -0.130. The van der Waals surface area contributed by atoms with Crippen molar-refractivity contribution in [3.63, 3.8) is 0 Å². The number of cyclic esters (lactones) is 1. The molecule has 3 nitrogen and oxygen atoms in total. The lowest BCUT2D eigenvalue weighted by atomic mass is 10.0. The molecule has 0 saturated heterocycles. The van der Waals surface area contributed by atoms with Gasteiger partial charge in [0.25, 0.3) is 0 Å². The Morgan fingerprint density at radius 3 is 2.16 bits per heavy atom. The maximum atomic E-state index is 11.7. The zero-order chi connectivity index (χ0) is 14.0. The molecule has 0 saturated carbocycles. The molecule has 0 radical (unpaired) electrons. The highest BCUT2D eigenvalue weighted by atomic mass is 16.6. The number of nitrogens with zero attached hydrogens (tertiary/aromatic N) is 1. The van der Waals surface area contributed by atoms with Gasteiger partial charge in [-0.15, -0.1) is 0 Å². The van der Waals surface area contributed by atoms with E-state index < -0.39 is 0 Å². The molecule has 0 N–H and O–H groups in total. The summed E-state index contributed by atoms with van der Waals surface area (Å²) in [6.45, 7) is 8.21. The lowest BCUT2D eigenvalue weighted by Crippen LogP contribution is -2.09. The number of rotatable bonds is 3. The Morgan fingerprint density at radius 2 is 1.68 bits per heavy atom. The van der Waals surface area contributed by atoms with E-state index in [0.717, 1.165) is 5.56 Å². The number of hydrogen-bond acceptors (Lipinski definition) is 3. The first kappa shape index (κ1) is 13.5. The SMILES string of the molecule is CC(C)C1=N/C(=C/c2ccc(C(C)C)cc2)C(=O)O1. The quantitative estimate of drug-likeness (QED) is 0.611. The predicted molar refractivity (Wildman–Crippen MR) is 76.9 cm³/mol. The van der Waals surface area contributed by atoms with Crippen LogP contribution in [0.25, 0.3) is 6.08 Å². The number of carbonyl (C=O) groups is 1. The van der Waals surface area contributed by atoms with Crippen molar-refractivity contribution in [3.8, 4) is 0 Å². The molecule has 1 aliphatic heterocycles. The smallest absolute Gasteiger partial charge is 0.363 e. The molecule has 0 spiro atoms. The third kappa shape index (κ3) is 3.11. The summed E-state index contributed by atoms with van der Waals surface area (Å²) >= 11 is 0. The molecule has 0 bridgehead atoms. The molecule has 3 heteroatoms. The number of benzene rings is 1. The van der Waals surface area contributed by atoms with Crippen molar-refractivity contribution in [1.29, 1.82) is 0 Å².